The molecule has 1 aliphatic carbocycles. The first-order valence-corrected chi connectivity index (χ1v) is 11.0. The summed E-state index contributed by atoms with van der Waals surface area (Å²) in [5, 5.41) is 0. The van der Waals surface area contributed by atoms with E-state index in [9.17, 15) is 4.79 Å². The van der Waals surface area contributed by atoms with Crippen molar-refractivity contribution >= 4 is 28.3 Å². The normalized spacial score (nSPS) is 28.5. The van der Waals surface area contributed by atoms with Gasteiger partial charge in [-0.3, -0.25) is 4.79 Å². The Kier molecular flexibility index (Phi) is 5.30. The molecule has 2 aliphatic heterocycles. The van der Waals surface area contributed by atoms with Crippen molar-refractivity contribution in [1.82, 2.24) is 4.90 Å². The van der Waals surface area contributed by atoms with Crippen molar-refractivity contribution in [3.63, 3.8) is 0 Å². The van der Waals surface area contributed by atoms with Gasteiger partial charge in [0.1, 0.15) is 0 Å². The fourth-order valence-corrected chi connectivity index (χ4v) is 5.98. The molecular formula is C22H30N2OS. The average Bonchev–Trinajstić information content (AvgIpc) is 3.17. The van der Waals surface area contributed by atoms with Gasteiger partial charge in [0.25, 0.3) is 0 Å². The third kappa shape index (κ3) is 3.53. The van der Waals surface area contributed by atoms with Crippen LogP contribution >= 0.6 is 11.8 Å². The molecule has 2 heterocycles. The number of carbonyl (C=O) groups is 1. The average molecular weight is 371 g/mol. The number of carbonyl (C=O) groups excluding carboxylic acids is 1. The number of anilines is 1. The van der Waals surface area contributed by atoms with Crippen LogP contribution in [0.25, 0.3) is 4.91 Å². The summed E-state index contributed by atoms with van der Waals surface area (Å²) in [5.74, 6) is 2.10. The van der Waals surface area contributed by atoms with Crippen molar-refractivity contribution in [1.29, 1.82) is 0 Å². The van der Waals surface area contributed by atoms with E-state index in [1.54, 1.807) is 0 Å². The number of amides is 1. The number of thioether (sulfide) groups is 1. The van der Waals surface area contributed by atoms with Crippen LogP contribution < -0.4 is 4.90 Å². The number of piperidine rings is 1. The van der Waals surface area contributed by atoms with Crippen LogP contribution in [0.5, 0.6) is 0 Å². The largest absolute Gasteiger partial charge is 0.378 e. The fraction of sp³-hybridized carbons (Fsp3) is 0.591. The molecular weight excluding hydrogens is 340 g/mol. The Labute approximate surface area is 161 Å². The van der Waals surface area contributed by atoms with Crippen LogP contribution in [0.4, 0.5) is 5.69 Å². The van der Waals surface area contributed by atoms with E-state index in [0.717, 1.165) is 18.2 Å². The summed E-state index contributed by atoms with van der Waals surface area (Å²) in [6.45, 7) is 0.974. The molecule has 4 rings (SSSR count). The zero-order valence-electron chi connectivity index (χ0n) is 16.0. The molecule has 0 radical (unpaired) electrons. The molecule has 0 spiro atoms. The van der Waals surface area contributed by atoms with Gasteiger partial charge in [-0.15, -0.1) is 11.8 Å². The Hall–Kier alpha value is -1.42. The number of rotatable bonds is 3. The summed E-state index contributed by atoms with van der Waals surface area (Å²) in [4.78, 5) is 18.9. The number of likely N-dealkylation sites (tertiary alicyclic amines) is 1. The third-order valence-corrected chi connectivity index (χ3v) is 7.49. The standard InChI is InChI=1S/C22H30N2OS/c1-23(2)19-11-9-17(10-12-19)21-14-18(15-26-21)22(25)24-13-5-7-16-6-3-4-8-20(16)24/h9-12,14,16,18,20H,3-8,13,15H2,1-2H3. The smallest absolute Gasteiger partial charge is 0.230 e. The SMILES string of the molecule is CN(C)c1ccc(C2=CC(C(=O)N3CCCC4CCCCC43)CS2)cc1. The highest BCUT2D eigenvalue weighted by Crippen LogP contribution is 2.40. The minimum absolute atomic E-state index is 0.0594. The van der Waals surface area contributed by atoms with Crippen molar-refractivity contribution in [2.45, 2.75) is 44.6 Å². The van der Waals surface area contributed by atoms with Crippen molar-refractivity contribution < 1.29 is 4.79 Å². The molecule has 3 atom stereocenters. The van der Waals surface area contributed by atoms with Gasteiger partial charge in [0.05, 0.1) is 5.92 Å². The summed E-state index contributed by atoms with van der Waals surface area (Å²) in [6.07, 6.45) is 9.94. The molecule has 1 aromatic rings. The molecule has 0 N–H and O–H groups in total. The van der Waals surface area contributed by atoms with Crippen LogP contribution in [0.2, 0.25) is 0 Å². The number of nitrogens with zero attached hydrogens (tertiary/aromatic N) is 2. The van der Waals surface area contributed by atoms with Gasteiger partial charge in [-0.05, 0) is 49.3 Å². The van der Waals surface area contributed by atoms with E-state index in [4.69, 9.17) is 0 Å². The van der Waals surface area contributed by atoms with Crippen LogP contribution in [0.15, 0.2) is 30.3 Å². The zero-order valence-corrected chi connectivity index (χ0v) is 16.8. The Bertz CT molecular complexity index is 680. The molecule has 26 heavy (non-hydrogen) atoms. The quantitative estimate of drug-likeness (QED) is 0.774. The number of benzene rings is 1. The van der Waals surface area contributed by atoms with E-state index in [1.165, 1.54) is 54.7 Å². The van der Waals surface area contributed by atoms with Crippen molar-refractivity contribution in [2.75, 3.05) is 31.3 Å². The summed E-state index contributed by atoms with van der Waals surface area (Å²) < 4.78 is 0. The number of hydrogen-bond donors (Lipinski definition) is 0. The molecule has 3 unspecified atom stereocenters. The van der Waals surface area contributed by atoms with E-state index >= 15 is 0 Å². The lowest BCUT2D eigenvalue weighted by atomic mass is 9.78. The number of hydrogen-bond acceptors (Lipinski definition) is 3. The highest BCUT2D eigenvalue weighted by Gasteiger charge is 2.38. The van der Waals surface area contributed by atoms with Crippen molar-refractivity contribution in [2.24, 2.45) is 11.8 Å². The van der Waals surface area contributed by atoms with E-state index in [2.05, 4.69) is 54.2 Å². The van der Waals surface area contributed by atoms with Crippen molar-refractivity contribution in [3.05, 3.63) is 35.9 Å². The Morgan fingerprint density at radius 3 is 2.58 bits per heavy atom. The lowest BCUT2D eigenvalue weighted by Gasteiger charge is -2.44. The highest BCUT2D eigenvalue weighted by molar-refractivity contribution is 8.08. The molecule has 4 heteroatoms. The third-order valence-electron chi connectivity index (χ3n) is 6.28. The highest BCUT2D eigenvalue weighted by atomic mass is 32.2. The molecule has 0 bridgehead atoms. The molecule has 3 nitrogen and oxygen atoms in total. The second kappa shape index (κ2) is 7.67. The van der Waals surface area contributed by atoms with E-state index in [0.29, 0.717) is 11.9 Å². The van der Waals surface area contributed by atoms with Gasteiger partial charge in [0.2, 0.25) is 5.91 Å². The number of fused-ring (bicyclic) bond motifs is 1. The molecule has 3 aliphatic rings. The maximum absolute atomic E-state index is 13.2. The first-order valence-electron chi connectivity index (χ1n) is 10.1. The summed E-state index contributed by atoms with van der Waals surface area (Å²) in [7, 11) is 4.12. The van der Waals surface area contributed by atoms with E-state index in [-0.39, 0.29) is 5.92 Å². The van der Waals surface area contributed by atoms with Gasteiger partial charge in [0, 0.05) is 43.0 Å². The molecule has 1 saturated heterocycles. The topological polar surface area (TPSA) is 23.6 Å². The second-order valence-electron chi connectivity index (χ2n) is 8.18. The molecule has 1 amide bonds. The van der Waals surface area contributed by atoms with Gasteiger partial charge < -0.3 is 9.80 Å². The lowest BCUT2D eigenvalue weighted by molar-refractivity contribution is -0.139. The Morgan fingerprint density at radius 1 is 1.08 bits per heavy atom. The monoisotopic (exact) mass is 370 g/mol. The van der Waals surface area contributed by atoms with Gasteiger partial charge in [-0.2, -0.15) is 0 Å². The molecule has 140 valence electrons. The van der Waals surface area contributed by atoms with Gasteiger partial charge in [0.15, 0.2) is 0 Å². The maximum atomic E-state index is 13.2. The lowest BCUT2D eigenvalue weighted by Crippen LogP contribution is -2.51. The van der Waals surface area contributed by atoms with E-state index < -0.39 is 0 Å². The van der Waals surface area contributed by atoms with E-state index in [1.807, 2.05) is 11.8 Å². The summed E-state index contributed by atoms with van der Waals surface area (Å²) in [5.41, 5.74) is 2.45. The maximum Gasteiger partial charge on any atom is 0.230 e. The molecule has 0 aromatic heterocycles. The minimum atomic E-state index is 0.0594. The van der Waals surface area contributed by atoms with Gasteiger partial charge in [-0.1, -0.05) is 31.1 Å². The van der Waals surface area contributed by atoms with Crippen LogP contribution in [-0.2, 0) is 4.79 Å². The minimum Gasteiger partial charge on any atom is -0.378 e. The van der Waals surface area contributed by atoms with Crippen LogP contribution in [0, 0.1) is 11.8 Å². The first-order chi connectivity index (χ1) is 12.6. The predicted octanol–water partition coefficient (Wildman–Crippen LogP) is 4.64. The second-order valence-corrected chi connectivity index (χ2v) is 9.24. The van der Waals surface area contributed by atoms with Crippen LogP contribution in [0.1, 0.15) is 44.1 Å². The van der Waals surface area contributed by atoms with Crippen LogP contribution in [0.3, 0.4) is 0 Å². The first kappa shape index (κ1) is 18.0. The predicted molar refractivity (Wildman–Crippen MR) is 111 cm³/mol. The Morgan fingerprint density at radius 2 is 1.81 bits per heavy atom. The molecule has 2 fully saturated rings. The molecule has 1 saturated carbocycles. The fourth-order valence-electron chi connectivity index (χ4n) is 4.82. The van der Waals surface area contributed by atoms with Crippen molar-refractivity contribution in [3.8, 4) is 0 Å². The molecule has 1 aromatic carbocycles. The Balaban J connectivity index is 1.47. The zero-order chi connectivity index (χ0) is 18.1. The summed E-state index contributed by atoms with van der Waals surface area (Å²) >= 11 is 1.84. The summed E-state index contributed by atoms with van der Waals surface area (Å²) in [6, 6.07) is 9.19. The van der Waals surface area contributed by atoms with Gasteiger partial charge in [-0.25, -0.2) is 0 Å². The van der Waals surface area contributed by atoms with Crippen LogP contribution in [-0.4, -0.2) is 43.2 Å². The van der Waals surface area contributed by atoms with Gasteiger partial charge >= 0.3 is 0 Å².